The molecule has 7 nitrogen and oxygen atoms in total. The van der Waals surface area contributed by atoms with Crippen molar-refractivity contribution in [1.29, 1.82) is 0 Å². The Balaban J connectivity index is 1.43. The normalized spacial score (nSPS) is 10.9. The van der Waals surface area contributed by atoms with Crippen LogP contribution in [-0.4, -0.2) is 25.7 Å². The maximum atomic E-state index is 12.7. The number of nitrogens with two attached hydrogens (primary N) is 1. The molecule has 0 aliphatic carbocycles. The number of nitrogens with zero attached hydrogens (tertiary/aromatic N) is 4. The molecule has 3 N–H and O–H groups in total. The number of amides is 1. The Labute approximate surface area is 195 Å². The Morgan fingerprint density at radius 1 is 1.19 bits per heavy atom. The summed E-state index contributed by atoms with van der Waals surface area (Å²) in [7, 11) is 0. The Morgan fingerprint density at radius 3 is 2.78 bits per heavy atom. The van der Waals surface area contributed by atoms with E-state index in [4.69, 9.17) is 5.73 Å². The summed E-state index contributed by atoms with van der Waals surface area (Å²) in [5.41, 5.74) is 10.2. The highest BCUT2D eigenvalue weighted by molar-refractivity contribution is 7.98. The summed E-state index contributed by atoms with van der Waals surface area (Å²) in [4.78, 5) is 17.0. The first-order valence-electron chi connectivity index (χ1n) is 10.2. The second-order valence-corrected chi connectivity index (χ2v) is 9.09. The standard InChI is InChI=1S/C23H24N6OS2/c1-3-29-20(12-18-14-31-22(24)25-18)27-28-23(29)32-13-16-8-6-9-17(11-16)21(30)26-19-10-5-4-7-15(19)2/h4-11,14H,3,12-13H2,1-2H3,(H2,24,25)(H,26,30). The molecule has 0 saturated heterocycles. The summed E-state index contributed by atoms with van der Waals surface area (Å²) in [6, 6.07) is 15.4. The average molecular weight is 465 g/mol. The average Bonchev–Trinajstić information content (AvgIpc) is 3.39. The fraction of sp³-hybridized carbons (Fsp3) is 0.217. The van der Waals surface area contributed by atoms with Gasteiger partial charge in [-0.2, -0.15) is 0 Å². The van der Waals surface area contributed by atoms with Gasteiger partial charge in [0.25, 0.3) is 5.91 Å². The lowest BCUT2D eigenvalue weighted by atomic mass is 10.1. The van der Waals surface area contributed by atoms with Crippen molar-refractivity contribution in [1.82, 2.24) is 19.7 Å². The Hall–Kier alpha value is -3.17. The number of benzene rings is 2. The van der Waals surface area contributed by atoms with Gasteiger partial charge in [0, 0.05) is 28.9 Å². The van der Waals surface area contributed by atoms with Crippen molar-refractivity contribution < 1.29 is 4.79 Å². The van der Waals surface area contributed by atoms with Crippen LogP contribution in [0, 0.1) is 6.92 Å². The van der Waals surface area contributed by atoms with Crippen molar-refractivity contribution in [2.75, 3.05) is 11.1 Å². The van der Waals surface area contributed by atoms with Gasteiger partial charge in [0.1, 0.15) is 5.82 Å². The molecule has 0 saturated carbocycles. The van der Waals surface area contributed by atoms with E-state index in [-0.39, 0.29) is 5.91 Å². The third kappa shape index (κ3) is 5.17. The first-order chi connectivity index (χ1) is 15.5. The molecule has 2 aromatic heterocycles. The summed E-state index contributed by atoms with van der Waals surface area (Å²) >= 11 is 3.03. The highest BCUT2D eigenvalue weighted by Gasteiger charge is 2.14. The fourth-order valence-electron chi connectivity index (χ4n) is 3.30. The lowest BCUT2D eigenvalue weighted by Crippen LogP contribution is -2.12. The Kier molecular flexibility index (Phi) is 6.87. The molecule has 0 unspecified atom stereocenters. The maximum absolute atomic E-state index is 12.7. The van der Waals surface area contributed by atoms with E-state index >= 15 is 0 Å². The predicted octanol–water partition coefficient (Wildman–Crippen LogP) is 4.78. The van der Waals surface area contributed by atoms with Crippen LogP contribution in [0.2, 0.25) is 0 Å². The highest BCUT2D eigenvalue weighted by atomic mass is 32.2. The van der Waals surface area contributed by atoms with Crippen molar-refractivity contribution >= 4 is 39.8 Å². The van der Waals surface area contributed by atoms with Gasteiger partial charge in [-0.25, -0.2) is 4.98 Å². The van der Waals surface area contributed by atoms with E-state index in [1.807, 2.05) is 60.8 Å². The lowest BCUT2D eigenvalue weighted by molar-refractivity contribution is 0.102. The molecule has 32 heavy (non-hydrogen) atoms. The molecule has 0 bridgehead atoms. The zero-order chi connectivity index (χ0) is 22.5. The van der Waals surface area contributed by atoms with Gasteiger partial charge in [-0.3, -0.25) is 4.79 Å². The van der Waals surface area contributed by atoms with E-state index in [1.54, 1.807) is 11.8 Å². The van der Waals surface area contributed by atoms with Gasteiger partial charge in [-0.15, -0.1) is 21.5 Å². The van der Waals surface area contributed by atoms with Crippen LogP contribution in [-0.2, 0) is 18.7 Å². The van der Waals surface area contributed by atoms with Crippen LogP contribution in [0.5, 0.6) is 0 Å². The predicted molar refractivity (Wildman–Crippen MR) is 130 cm³/mol. The van der Waals surface area contributed by atoms with E-state index in [0.29, 0.717) is 22.9 Å². The molecule has 9 heteroatoms. The number of carbonyl (C=O) groups is 1. The van der Waals surface area contributed by atoms with Gasteiger partial charge >= 0.3 is 0 Å². The zero-order valence-corrected chi connectivity index (χ0v) is 19.5. The van der Waals surface area contributed by atoms with Crippen LogP contribution in [0.3, 0.4) is 0 Å². The topological polar surface area (TPSA) is 98.7 Å². The molecule has 0 radical (unpaired) electrons. The number of thioether (sulfide) groups is 1. The number of hydrogen-bond donors (Lipinski definition) is 2. The molecular weight excluding hydrogens is 440 g/mol. The molecule has 0 atom stereocenters. The fourth-order valence-corrected chi connectivity index (χ4v) is 4.82. The minimum atomic E-state index is -0.118. The van der Waals surface area contributed by atoms with Crippen LogP contribution in [0.1, 0.15) is 39.9 Å². The summed E-state index contributed by atoms with van der Waals surface area (Å²) in [5, 5.41) is 15.1. The molecule has 4 aromatic rings. The largest absolute Gasteiger partial charge is 0.375 e. The summed E-state index contributed by atoms with van der Waals surface area (Å²) in [5.74, 6) is 1.44. The minimum Gasteiger partial charge on any atom is -0.375 e. The number of thiazole rings is 1. The van der Waals surface area contributed by atoms with Gasteiger partial charge in [0.05, 0.1) is 12.1 Å². The quantitative estimate of drug-likeness (QED) is 0.364. The molecule has 1 amide bonds. The molecule has 0 aliphatic heterocycles. The number of aromatic nitrogens is 4. The number of nitrogen functional groups attached to an aromatic ring is 1. The first-order valence-corrected chi connectivity index (χ1v) is 12.1. The zero-order valence-electron chi connectivity index (χ0n) is 17.9. The van der Waals surface area contributed by atoms with E-state index in [9.17, 15) is 4.79 Å². The Morgan fingerprint density at radius 2 is 2.03 bits per heavy atom. The SMILES string of the molecule is CCn1c(Cc2csc(N)n2)nnc1SCc1cccc(C(=O)Nc2ccccc2C)c1. The van der Waals surface area contributed by atoms with Crippen LogP contribution in [0.15, 0.2) is 59.1 Å². The van der Waals surface area contributed by atoms with Crippen LogP contribution >= 0.6 is 23.1 Å². The van der Waals surface area contributed by atoms with E-state index in [0.717, 1.165) is 40.0 Å². The minimum absolute atomic E-state index is 0.118. The third-order valence-electron chi connectivity index (χ3n) is 4.97. The molecule has 2 heterocycles. The van der Waals surface area contributed by atoms with Gasteiger partial charge in [-0.1, -0.05) is 42.1 Å². The number of carbonyl (C=O) groups excluding carboxylic acids is 1. The highest BCUT2D eigenvalue weighted by Crippen LogP contribution is 2.24. The number of rotatable bonds is 8. The van der Waals surface area contributed by atoms with Gasteiger partial charge in [-0.05, 0) is 43.2 Å². The number of anilines is 2. The van der Waals surface area contributed by atoms with Crippen molar-refractivity contribution in [2.45, 2.75) is 37.7 Å². The lowest BCUT2D eigenvalue weighted by Gasteiger charge is -2.09. The van der Waals surface area contributed by atoms with Gasteiger partial charge in [0.2, 0.25) is 0 Å². The molecule has 0 fully saturated rings. The monoisotopic (exact) mass is 464 g/mol. The molecule has 2 aromatic carbocycles. The molecule has 4 rings (SSSR count). The van der Waals surface area contributed by atoms with Gasteiger partial charge in [0.15, 0.2) is 10.3 Å². The summed E-state index contributed by atoms with van der Waals surface area (Å²) in [6.07, 6.45) is 0.601. The molecule has 0 spiro atoms. The van der Waals surface area contributed by atoms with E-state index in [1.165, 1.54) is 11.3 Å². The Bertz CT molecular complexity index is 1230. The van der Waals surface area contributed by atoms with Crippen molar-refractivity contribution in [2.24, 2.45) is 0 Å². The van der Waals surface area contributed by atoms with Gasteiger partial charge < -0.3 is 15.6 Å². The third-order valence-corrected chi connectivity index (χ3v) is 6.73. The van der Waals surface area contributed by atoms with Crippen LogP contribution in [0.4, 0.5) is 10.8 Å². The second kappa shape index (κ2) is 9.97. The van der Waals surface area contributed by atoms with E-state index in [2.05, 4.69) is 32.0 Å². The summed E-state index contributed by atoms with van der Waals surface area (Å²) < 4.78 is 2.09. The number of para-hydroxylation sites is 1. The van der Waals surface area contributed by atoms with Crippen molar-refractivity contribution in [3.8, 4) is 0 Å². The molecule has 164 valence electrons. The molecular formula is C23H24N6OS2. The van der Waals surface area contributed by atoms with E-state index < -0.39 is 0 Å². The second-order valence-electron chi connectivity index (χ2n) is 7.26. The van der Waals surface area contributed by atoms with Crippen molar-refractivity contribution in [3.63, 3.8) is 0 Å². The molecule has 0 aliphatic rings. The number of hydrogen-bond acceptors (Lipinski definition) is 7. The smallest absolute Gasteiger partial charge is 0.255 e. The number of aryl methyl sites for hydroxylation is 1. The number of nitrogens with one attached hydrogen (secondary N) is 1. The summed E-state index contributed by atoms with van der Waals surface area (Å²) in [6.45, 7) is 4.82. The van der Waals surface area contributed by atoms with Crippen LogP contribution in [0.25, 0.3) is 0 Å². The van der Waals surface area contributed by atoms with Crippen molar-refractivity contribution in [3.05, 3.63) is 82.1 Å². The maximum Gasteiger partial charge on any atom is 0.255 e. The van der Waals surface area contributed by atoms with Crippen LogP contribution < -0.4 is 11.1 Å². The first kappa shape index (κ1) is 22.0.